The van der Waals surface area contributed by atoms with E-state index in [4.69, 9.17) is 5.11 Å². The van der Waals surface area contributed by atoms with E-state index in [0.29, 0.717) is 10.9 Å². The first-order valence-corrected chi connectivity index (χ1v) is 5.80. The molecule has 2 aromatic rings. The highest BCUT2D eigenvalue weighted by Gasteiger charge is 2.37. The molecular formula is C11H6F3NO3S. The number of hydrogen-bond acceptors (Lipinski definition) is 3. The van der Waals surface area contributed by atoms with Crippen LogP contribution < -0.4 is 5.56 Å². The monoisotopic (exact) mass is 289 g/mol. The van der Waals surface area contributed by atoms with Gasteiger partial charge in [-0.2, -0.15) is 13.2 Å². The van der Waals surface area contributed by atoms with E-state index in [-0.39, 0.29) is 5.69 Å². The summed E-state index contributed by atoms with van der Waals surface area (Å²) in [7, 11) is 0. The second kappa shape index (κ2) is 4.54. The zero-order valence-electron chi connectivity index (χ0n) is 9.12. The molecule has 0 saturated carbocycles. The maximum atomic E-state index is 12.8. The van der Waals surface area contributed by atoms with Crippen LogP contribution in [0.4, 0.5) is 13.2 Å². The summed E-state index contributed by atoms with van der Waals surface area (Å²) in [6, 6.07) is 3.77. The van der Waals surface area contributed by atoms with E-state index in [2.05, 4.69) is 4.98 Å². The Morgan fingerprint density at radius 1 is 1.37 bits per heavy atom. The third kappa shape index (κ3) is 2.53. The summed E-state index contributed by atoms with van der Waals surface area (Å²) in [5.74, 6) is -1.91. The Balaban J connectivity index is 2.75. The third-order valence-electron chi connectivity index (χ3n) is 2.34. The lowest BCUT2D eigenvalue weighted by Crippen LogP contribution is -2.25. The smallest absolute Gasteiger partial charge is 0.417 e. The van der Waals surface area contributed by atoms with Crippen LogP contribution in [0, 0.1) is 0 Å². The summed E-state index contributed by atoms with van der Waals surface area (Å²) in [5.41, 5.74) is -4.08. The summed E-state index contributed by atoms with van der Waals surface area (Å²) in [5, 5.41) is 10.3. The molecule has 19 heavy (non-hydrogen) atoms. The number of aromatic amines is 1. The number of hydrogen-bond donors (Lipinski definition) is 2. The number of nitrogens with one attached hydrogen (secondary N) is 1. The Labute approximate surface area is 108 Å². The van der Waals surface area contributed by atoms with Gasteiger partial charge in [0.2, 0.25) is 0 Å². The van der Waals surface area contributed by atoms with Crippen molar-refractivity contribution in [3.63, 3.8) is 0 Å². The normalized spacial score (nSPS) is 11.5. The second-order valence-corrected chi connectivity index (χ2v) is 4.53. The van der Waals surface area contributed by atoms with Gasteiger partial charge < -0.3 is 10.1 Å². The van der Waals surface area contributed by atoms with Gasteiger partial charge in [-0.25, -0.2) is 4.79 Å². The number of halogens is 3. The van der Waals surface area contributed by atoms with Gasteiger partial charge in [0.1, 0.15) is 5.56 Å². The van der Waals surface area contributed by atoms with E-state index in [1.807, 2.05) is 0 Å². The van der Waals surface area contributed by atoms with Crippen molar-refractivity contribution >= 4 is 17.3 Å². The van der Waals surface area contributed by atoms with Crippen LogP contribution in [0.3, 0.4) is 0 Å². The fourth-order valence-corrected chi connectivity index (χ4v) is 2.26. The summed E-state index contributed by atoms with van der Waals surface area (Å²) in [4.78, 5) is 24.8. The first-order chi connectivity index (χ1) is 8.80. The quantitative estimate of drug-likeness (QED) is 0.893. The molecule has 0 aromatic carbocycles. The van der Waals surface area contributed by atoms with Crippen LogP contribution >= 0.6 is 11.3 Å². The molecule has 8 heteroatoms. The van der Waals surface area contributed by atoms with Crippen molar-refractivity contribution < 1.29 is 23.1 Å². The van der Waals surface area contributed by atoms with E-state index in [1.54, 1.807) is 11.4 Å². The van der Waals surface area contributed by atoms with E-state index < -0.39 is 28.8 Å². The highest BCUT2D eigenvalue weighted by molar-refractivity contribution is 7.13. The van der Waals surface area contributed by atoms with Crippen molar-refractivity contribution in [1.29, 1.82) is 0 Å². The average molecular weight is 289 g/mol. The highest BCUT2D eigenvalue weighted by Crippen LogP contribution is 2.33. The largest absolute Gasteiger partial charge is 0.477 e. The van der Waals surface area contributed by atoms with Crippen molar-refractivity contribution in [1.82, 2.24) is 4.98 Å². The summed E-state index contributed by atoms with van der Waals surface area (Å²) >= 11 is 1.13. The minimum absolute atomic E-state index is 0.0580. The van der Waals surface area contributed by atoms with E-state index >= 15 is 0 Å². The second-order valence-electron chi connectivity index (χ2n) is 3.58. The van der Waals surface area contributed by atoms with Gasteiger partial charge in [-0.05, 0) is 17.5 Å². The molecule has 2 N–H and O–H groups in total. The number of carboxylic acids is 1. The maximum Gasteiger partial charge on any atom is 0.417 e. The van der Waals surface area contributed by atoms with Gasteiger partial charge in [-0.3, -0.25) is 4.79 Å². The highest BCUT2D eigenvalue weighted by atomic mass is 32.1. The number of aromatic carboxylic acids is 1. The SMILES string of the molecule is O=C(O)c1c(C(F)(F)F)cc(-c2cccs2)[nH]c1=O. The van der Waals surface area contributed by atoms with Crippen LogP contribution in [0.15, 0.2) is 28.4 Å². The number of carbonyl (C=O) groups is 1. The number of rotatable bonds is 2. The molecule has 0 bridgehead atoms. The number of thiophene rings is 1. The number of aromatic nitrogens is 1. The summed E-state index contributed by atoms with van der Waals surface area (Å²) in [6.07, 6.45) is -4.91. The van der Waals surface area contributed by atoms with Gasteiger partial charge in [0.05, 0.1) is 16.1 Å². The molecular weight excluding hydrogens is 283 g/mol. The van der Waals surface area contributed by atoms with Gasteiger partial charge in [0.25, 0.3) is 5.56 Å². The molecule has 0 radical (unpaired) electrons. The number of carboxylic acid groups (broad SMARTS) is 1. The molecule has 0 aliphatic carbocycles. The van der Waals surface area contributed by atoms with Crippen LogP contribution in [0.5, 0.6) is 0 Å². The molecule has 4 nitrogen and oxygen atoms in total. The Bertz CT molecular complexity index is 673. The van der Waals surface area contributed by atoms with Crippen LogP contribution in [0.2, 0.25) is 0 Å². The summed E-state index contributed by atoms with van der Waals surface area (Å²) < 4.78 is 38.4. The van der Waals surface area contributed by atoms with Gasteiger partial charge in [-0.1, -0.05) is 6.07 Å². The zero-order chi connectivity index (χ0) is 14.2. The molecule has 0 spiro atoms. The predicted octanol–water partition coefficient (Wildman–Crippen LogP) is 2.82. The minimum Gasteiger partial charge on any atom is -0.477 e. The fraction of sp³-hybridized carbons (Fsp3) is 0.0909. The predicted molar refractivity (Wildman–Crippen MR) is 62.3 cm³/mol. The Morgan fingerprint density at radius 3 is 2.53 bits per heavy atom. The van der Waals surface area contributed by atoms with Crippen molar-refractivity contribution in [3.8, 4) is 10.6 Å². The van der Waals surface area contributed by atoms with E-state index in [1.165, 1.54) is 6.07 Å². The number of alkyl halides is 3. The topological polar surface area (TPSA) is 70.2 Å². The zero-order valence-corrected chi connectivity index (χ0v) is 9.93. The lowest BCUT2D eigenvalue weighted by molar-refractivity contribution is -0.138. The van der Waals surface area contributed by atoms with Gasteiger partial charge in [-0.15, -0.1) is 11.3 Å². The van der Waals surface area contributed by atoms with Crippen molar-refractivity contribution in [2.45, 2.75) is 6.18 Å². The maximum absolute atomic E-state index is 12.8. The number of pyridine rings is 1. The number of H-pyrrole nitrogens is 1. The molecule has 0 aliphatic heterocycles. The average Bonchev–Trinajstić information content (AvgIpc) is 2.79. The van der Waals surface area contributed by atoms with Crippen LogP contribution in [-0.4, -0.2) is 16.1 Å². The molecule has 0 atom stereocenters. The molecule has 0 unspecified atom stereocenters. The summed E-state index contributed by atoms with van der Waals surface area (Å²) in [6.45, 7) is 0. The Kier molecular flexibility index (Phi) is 3.19. The van der Waals surface area contributed by atoms with Crippen LogP contribution in [-0.2, 0) is 6.18 Å². The molecule has 2 rings (SSSR count). The van der Waals surface area contributed by atoms with Gasteiger partial charge in [0.15, 0.2) is 0 Å². The van der Waals surface area contributed by atoms with Crippen molar-refractivity contribution in [3.05, 3.63) is 45.1 Å². The molecule has 0 amide bonds. The lowest BCUT2D eigenvalue weighted by atomic mass is 10.1. The van der Waals surface area contributed by atoms with Crippen LogP contribution in [0.25, 0.3) is 10.6 Å². The van der Waals surface area contributed by atoms with E-state index in [0.717, 1.165) is 11.3 Å². The standard InChI is InChI=1S/C11H6F3NO3S/c12-11(13,14)5-4-6(7-2-1-3-19-7)15-9(16)8(5)10(17)18/h1-4H,(H,15,16)(H,17,18). The molecule has 0 saturated heterocycles. The van der Waals surface area contributed by atoms with Crippen molar-refractivity contribution in [2.75, 3.05) is 0 Å². The first kappa shape index (κ1) is 13.3. The molecule has 0 aliphatic rings. The minimum atomic E-state index is -4.91. The Morgan fingerprint density at radius 2 is 2.05 bits per heavy atom. The molecule has 2 aromatic heterocycles. The lowest BCUT2D eigenvalue weighted by Gasteiger charge is -2.10. The molecule has 100 valence electrons. The van der Waals surface area contributed by atoms with Gasteiger partial charge >= 0.3 is 12.1 Å². The fourth-order valence-electron chi connectivity index (χ4n) is 1.56. The van der Waals surface area contributed by atoms with E-state index in [9.17, 15) is 22.8 Å². The first-order valence-electron chi connectivity index (χ1n) is 4.92. The van der Waals surface area contributed by atoms with Crippen LogP contribution in [0.1, 0.15) is 15.9 Å². The third-order valence-corrected chi connectivity index (χ3v) is 3.24. The van der Waals surface area contributed by atoms with Crippen molar-refractivity contribution in [2.24, 2.45) is 0 Å². The molecule has 0 fully saturated rings. The van der Waals surface area contributed by atoms with Gasteiger partial charge in [0, 0.05) is 0 Å². The Hall–Kier alpha value is -2.09. The molecule has 2 heterocycles.